The fraction of sp³-hybridized carbons (Fsp3) is 0.500. The molecule has 1 fully saturated rings. The molecule has 2 atom stereocenters. The number of hydrogen-bond acceptors (Lipinski definition) is 4. The van der Waals surface area contributed by atoms with E-state index in [4.69, 9.17) is 0 Å². The minimum Gasteiger partial charge on any atom is -0.349 e. The molecule has 1 aromatic carbocycles. The van der Waals surface area contributed by atoms with E-state index >= 15 is 0 Å². The summed E-state index contributed by atoms with van der Waals surface area (Å²) < 4.78 is 0. The molecule has 1 aromatic rings. The summed E-state index contributed by atoms with van der Waals surface area (Å²) in [5, 5.41) is 17.2. The van der Waals surface area contributed by atoms with Crippen molar-refractivity contribution in [1.82, 2.24) is 10.6 Å². The van der Waals surface area contributed by atoms with Gasteiger partial charge in [-0.1, -0.05) is 6.07 Å². The molecule has 1 aliphatic rings. The smallest absolute Gasteiger partial charge is 0.282 e. The molecule has 0 spiro atoms. The number of benzene rings is 1. The maximum absolute atomic E-state index is 12.3. The van der Waals surface area contributed by atoms with Gasteiger partial charge in [-0.05, 0) is 44.9 Å². The second-order valence-corrected chi connectivity index (χ2v) is 5.33. The number of nitrogens with zero attached hydrogens (tertiary/aromatic N) is 1. The highest BCUT2D eigenvalue weighted by molar-refractivity contribution is 5.98. The standard InChI is InChI=1S/C14H19N3O3.ClH/c1-9-3-4-13(17(19)20)12(7-9)14(18)16-11-5-6-15-10(2)8-11;/h3-4,7,10-11,15H,5-6,8H2,1-2H3,(H,16,18);1H. The van der Waals surface area contributed by atoms with Crippen LogP contribution in [0.5, 0.6) is 0 Å². The van der Waals surface area contributed by atoms with E-state index in [1.165, 1.54) is 6.07 Å². The summed E-state index contributed by atoms with van der Waals surface area (Å²) in [4.78, 5) is 22.7. The Labute approximate surface area is 129 Å². The van der Waals surface area contributed by atoms with E-state index in [9.17, 15) is 14.9 Å². The zero-order valence-electron chi connectivity index (χ0n) is 12.1. The Balaban J connectivity index is 0.00000220. The summed E-state index contributed by atoms with van der Waals surface area (Å²) in [5.41, 5.74) is 0.829. The number of aryl methyl sites for hydroxylation is 1. The number of nitrogens with one attached hydrogen (secondary N) is 2. The van der Waals surface area contributed by atoms with Crippen LogP contribution < -0.4 is 10.6 Å². The summed E-state index contributed by atoms with van der Waals surface area (Å²) in [5.74, 6) is -0.362. The molecule has 116 valence electrons. The van der Waals surface area contributed by atoms with Crippen molar-refractivity contribution in [3.05, 3.63) is 39.4 Å². The van der Waals surface area contributed by atoms with Crippen LogP contribution in [0.4, 0.5) is 5.69 Å². The number of rotatable bonds is 3. The van der Waals surface area contributed by atoms with Gasteiger partial charge >= 0.3 is 0 Å². The highest BCUT2D eigenvalue weighted by Crippen LogP contribution is 2.20. The van der Waals surface area contributed by atoms with Gasteiger partial charge < -0.3 is 10.6 Å². The van der Waals surface area contributed by atoms with Crippen molar-refractivity contribution in [2.24, 2.45) is 0 Å². The van der Waals surface area contributed by atoms with Crippen LogP contribution in [-0.4, -0.2) is 29.5 Å². The molecule has 1 heterocycles. The van der Waals surface area contributed by atoms with Crippen molar-refractivity contribution in [3.8, 4) is 0 Å². The average Bonchev–Trinajstić information content (AvgIpc) is 2.38. The van der Waals surface area contributed by atoms with Crippen LogP contribution in [0.2, 0.25) is 0 Å². The van der Waals surface area contributed by atoms with Gasteiger partial charge in [0.25, 0.3) is 11.6 Å². The first kappa shape index (κ1) is 17.4. The maximum Gasteiger partial charge on any atom is 0.282 e. The quantitative estimate of drug-likeness (QED) is 0.662. The van der Waals surface area contributed by atoms with Crippen LogP contribution in [0.15, 0.2) is 18.2 Å². The lowest BCUT2D eigenvalue weighted by atomic mass is 10.00. The molecule has 1 amide bonds. The predicted octanol–water partition coefficient (Wildman–Crippen LogP) is 2.20. The molecule has 0 radical (unpaired) electrons. The molecule has 7 heteroatoms. The third-order valence-corrected chi connectivity index (χ3v) is 3.55. The summed E-state index contributed by atoms with van der Waals surface area (Å²) in [7, 11) is 0. The van der Waals surface area contributed by atoms with E-state index in [1.807, 2.05) is 6.92 Å². The predicted molar refractivity (Wildman–Crippen MR) is 83.0 cm³/mol. The molecule has 0 aromatic heterocycles. The largest absolute Gasteiger partial charge is 0.349 e. The fourth-order valence-electron chi connectivity index (χ4n) is 2.52. The second kappa shape index (κ2) is 7.38. The normalized spacial score (nSPS) is 21.2. The summed E-state index contributed by atoms with van der Waals surface area (Å²) >= 11 is 0. The summed E-state index contributed by atoms with van der Waals surface area (Å²) in [6, 6.07) is 5.01. The number of piperidine rings is 1. The van der Waals surface area contributed by atoms with Crippen molar-refractivity contribution in [2.45, 2.75) is 38.8 Å². The Morgan fingerprint density at radius 3 is 2.81 bits per heavy atom. The van der Waals surface area contributed by atoms with E-state index < -0.39 is 4.92 Å². The van der Waals surface area contributed by atoms with Crippen molar-refractivity contribution in [2.75, 3.05) is 6.54 Å². The van der Waals surface area contributed by atoms with Gasteiger partial charge in [0, 0.05) is 18.2 Å². The monoisotopic (exact) mass is 313 g/mol. The van der Waals surface area contributed by atoms with Crippen molar-refractivity contribution in [1.29, 1.82) is 0 Å². The highest BCUT2D eigenvalue weighted by Gasteiger charge is 2.24. The summed E-state index contributed by atoms with van der Waals surface area (Å²) in [6.07, 6.45) is 1.68. The van der Waals surface area contributed by atoms with E-state index in [0.717, 1.165) is 24.9 Å². The molecular formula is C14H20ClN3O3. The maximum atomic E-state index is 12.3. The third kappa shape index (κ3) is 4.41. The zero-order chi connectivity index (χ0) is 14.7. The molecule has 6 nitrogen and oxygen atoms in total. The highest BCUT2D eigenvalue weighted by atomic mass is 35.5. The molecule has 1 saturated heterocycles. The molecule has 21 heavy (non-hydrogen) atoms. The van der Waals surface area contributed by atoms with Gasteiger partial charge in [-0.2, -0.15) is 0 Å². The van der Waals surface area contributed by atoms with Gasteiger partial charge in [-0.25, -0.2) is 0 Å². The van der Waals surface area contributed by atoms with Gasteiger partial charge in [0.2, 0.25) is 0 Å². The number of nitro groups is 1. The minimum atomic E-state index is -0.514. The number of carbonyl (C=O) groups excluding carboxylic acids is 1. The molecule has 0 saturated carbocycles. The SMILES string of the molecule is Cc1ccc([N+](=O)[O-])c(C(=O)NC2CCNC(C)C2)c1.Cl. The van der Waals surface area contributed by atoms with E-state index in [2.05, 4.69) is 17.6 Å². The van der Waals surface area contributed by atoms with Crippen molar-refractivity contribution in [3.63, 3.8) is 0 Å². The Morgan fingerprint density at radius 2 is 2.19 bits per heavy atom. The van der Waals surface area contributed by atoms with E-state index in [-0.39, 0.29) is 35.6 Å². The molecule has 1 aliphatic heterocycles. The second-order valence-electron chi connectivity index (χ2n) is 5.33. The lowest BCUT2D eigenvalue weighted by Crippen LogP contribution is -2.46. The van der Waals surface area contributed by atoms with Crippen molar-refractivity contribution < 1.29 is 9.72 Å². The van der Waals surface area contributed by atoms with Crippen molar-refractivity contribution >= 4 is 24.0 Å². The molecular weight excluding hydrogens is 294 g/mol. The lowest BCUT2D eigenvalue weighted by molar-refractivity contribution is -0.385. The van der Waals surface area contributed by atoms with Crippen LogP contribution in [0.3, 0.4) is 0 Å². The molecule has 2 rings (SSSR count). The van der Waals surface area contributed by atoms with Crippen LogP contribution in [0.1, 0.15) is 35.7 Å². The van der Waals surface area contributed by atoms with Gasteiger partial charge in [0.05, 0.1) is 4.92 Å². The first-order chi connectivity index (χ1) is 9.47. The summed E-state index contributed by atoms with van der Waals surface area (Å²) in [6.45, 7) is 4.72. The van der Waals surface area contributed by atoms with Crippen LogP contribution >= 0.6 is 12.4 Å². The number of carbonyl (C=O) groups is 1. The Hall–Kier alpha value is -1.66. The number of hydrogen-bond donors (Lipinski definition) is 2. The van der Waals surface area contributed by atoms with E-state index in [0.29, 0.717) is 6.04 Å². The van der Waals surface area contributed by atoms with Gasteiger partial charge in [0.15, 0.2) is 0 Å². The number of halogens is 1. The Kier molecular flexibility index (Phi) is 6.11. The zero-order valence-corrected chi connectivity index (χ0v) is 12.9. The van der Waals surface area contributed by atoms with Gasteiger partial charge in [-0.15, -0.1) is 12.4 Å². The molecule has 0 aliphatic carbocycles. The molecule has 2 unspecified atom stereocenters. The van der Waals surface area contributed by atoms with Crippen LogP contribution in [-0.2, 0) is 0 Å². The Bertz CT molecular complexity index is 536. The minimum absolute atomic E-state index is 0. The Morgan fingerprint density at radius 1 is 1.48 bits per heavy atom. The van der Waals surface area contributed by atoms with E-state index in [1.54, 1.807) is 12.1 Å². The third-order valence-electron chi connectivity index (χ3n) is 3.55. The van der Waals surface area contributed by atoms with Gasteiger partial charge in [0.1, 0.15) is 5.56 Å². The number of amides is 1. The number of nitro benzene ring substituents is 1. The van der Waals surface area contributed by atoms with Crippen LogP contribution in [0.25, 0.3) is 0 Å². The first-order valence-corrected chi connectivity index (χ1v) is 6.76. The molecule has 0 bridgehead atoms. The van der Waals surface area contributed by atoms with Gasteiger partial charge in [-0.3, -0.25) is 14.9 Å². The topological polar surface area (TPSA) is 84.3 Å². The fourth-order valence-corrected chi connectivity index (χ4v) is 2.52. The van der Waals surface area contributed by atoms with Crippen LogP contribution in [0, 0.1) is 17.0 Å². The first-order valence-electron chi connectivity index (χ1n) is 6.76. The molecule has 2 N–H and O–H groups in total. The lowest BCUT2D eigenvalue weighted by Gasteiger charge is -2.28. The average molecular weight is 314 g/mol.